The van der Waals surface area contributed by atoms with Crippen molar-refractivity contribution in [1.29, 1.82) is 0 Å². The number of aliphatic hydroxyl groups excluding tert-OH is 1. The second-order valence-electron chi connectivity index (χ2n) is 3.46. The molecule has 0 aromatic heterocycles. The third-order valence-electron chi connectivity index (χ3n) is 1.99. The highest BCUT2D eigenvalue weighted by atomic mass is 32.1. The molecular weight excluding hydrogens is 210 g/mol. The SMILES string of the molecule is CC(CO)COc1ccccc1C(N)=S. The summed E-state index contributed by atoms with van der Waals surface area (Å²) in [5.74, 6) is 0.773. The molecule has 0 radical (unpaired) electrons. The lowest BCUT2D eigenvalue weighted by Crippen LogP contribution is -2.16. The minimum atomic E-state index is 0.101. The molecule has 1 unspecified atom stereocenters. The Hall–Kier alpha value is -1.13. The van der Waals surface area contributed by atoms with Gasteiger partial charge in [0.2, 0.25) is 0 Å². The summed E-state index contributed by atoms with van der Waals surface area (Å²) in [5, 5.41) is 8.86. The van der Waals surface area contributed by atoms with Gasteiger partial charge in [0.1, 0.15) is 10.7 Å². The van der Waals surface area contributed by atoms with Crippen LogP contribution in [0.5, 0.6) is 5.75 Å². The monoisotopic (exact) mass is 225 g/mol. The average molecular weight is 225 g/mol. The largest absolute Gasteiger partial charge is 0.492 e. The van der Waals surface area contributed by atoms with Crippen molar-refractivity contribution < 1.29 is 9.84 Å². The van der Waals surface area contributed by atoms with Crippen LogP contribution >= 0.6 is 12.2 Å². The maximum absolute atomic E-state index is 8.86. The highest BCUT2D eigenvalue weighted by Crippen LogP contribution is 2.18. The van der Waals surface area contributed by atoms with Crippen LogP contribution < -0.4 is 10.5 Å². The molecule has 1 atom stereocenters. The zero-order valence-electron chi connectivity index (χ0n) is 8.64. The van der Waals surface area contributed by atoms with Crippen LogP contribution in [-0.4, -0.2) is 23.3 Å². The average Bonchev–Trinajstić information content (AvgIpc) is 2.26. The van der Waals surface area contributed by atoms with E-state index in [-0.39, 0.29) is 12.5 Å². The van der Waals surface area contributed by atoms with Crippen LogP contribution in [0.25, 0.3) is 0 Å². The van der Waals surface area contributed by atoms with E-state index in [0.717, 1.165) is 5.56 Å². The molecule has 0 aliphatic carbocycles. The maximum atomic E-state index is 8.86. The lowest BCUT2D eigenvalue weighted by atomic mass is 10.2. The summed E-state index contributed by atoms with van der Waals surface area (Å²) in [5.41, 5.74) is 6.29. The lowest BCUT2D eigenvalue weighted by Gasteiger charge is -2.13. The first-order valence-electron chi connectivity index (χ1n) is 4.77. The van der Waals surface area contributed by atoms with Gasteiger partial charge in [-0.05, 0) is 12.1 Å². The Bertz CT molecular complexity index is 341. The Morgan fingerprint density at radius 3 is 2.80 bits per heavy atom. The Labute approximate surface area is 94.9 Å². The normalized spacial score (nSPS) is 12.1. The van der Waals surface area contributed by atoms with Gasteiger partial charge in [-0.3, -0.25) is 0 Å². The summed E-state index contributed by atoms with van der Waals surface area (Å²) < 4.78 is 5.52. The van der Waals surface area contributed by atoms with Crippen molar-refractivity contribution >= 4 is 17.2 Å². The molecule has 0 heterocycles. The molecule has 3 nitrogen and oxygen atoms in total. The second kappa shape index (κ2) is 5.68. The molecule has 1 aromatic rings. The fourth-order valence-corrected chi connectivity index (χ4v) is 1.25. The highest BCUT2D eigenvalue weighted by molar-refractivity contribution is 7.80. The summed E-state index contributed by atoms with van der Waals surface area (Å²) in [6, 6.07) is 7.36. The zero-order valence-corrected chi connectivity index (χ0v) is 9.46. The van der Waals surface area contributed by atoms with Gasteiger partial charge in [0.05, 0.1) is 12.2 Å². The molecule has 0 aliphatic rings. The summed E-state index contributed by atoms with van der Waals surface area (Å²) in [4.78, 5) is 0.322. The third-order valence-corrected chi connectivity index (χ3v) is 2.21. The van der Waals surface area contributed by atoms with Crippen LogP contribution in [0.3, 0.4) is 0 Å². The van der Waals surface area contributed by atoms with E-state index in [1.807, 2.05) is 31.2 Å². The van der Waals surface area contributed by atoms with Crippen LogP contribution in [0.2, 0.25) is 0 Å². The maximum Gasteiger partial charge on any atom is 0.129 e. The van der Waals surface area contributed by atoms with Crippen LogP contribution in [0.1, 0.15) is 12.5 Å². The number of thiocarbonyl (C=S) groups is 1. The predicted octanol–water partition coefficient (Wildman–Crippen LogP) is 1.33. The summed E-state index contributed by atoms with van der Waals surface area (Å²) in [7, 11) is 0. The number of para-hydroxylation sites is 1. The lowest BCUT2D eigenvalue weighted by molar-refractivity contribution is 0.174. The molecule has 82 valence electrons. The Morgan fingerprint density at radius 1 is 1.53 bits per heavy atom. The first-order chi connectivity index (χ1) is 7.15. The molecule has 0 saturated heterocycles. The highest BCUT2D eigenvalue weighted by Gasteiger charge is 2.07. The molecule has 0 amide bonds. The van der Waals surface area contributed by atoms with E-state index in [1.54, 1.807) is 0 Å². The van der Waals surface area contributed by atoms with Gasteiger partial charge in [0.25, 0.3) is 0 Å². The standard InChI is InChI=1S/C11H15NO2S/c1-8(6-13)7-14-10-5-3-2-4-9(10)11(12)15/h2-5,8,13H,6-7H2,1H3,(H2,12,15). The van der Waals surface area contributed by atoms with Gasteiger partial charge in [-0.1, -0.05) is 31.3 Å². The number of rotatable bonds is 5. The molecule has 0 bridgehead atoms. The van der Waals surface area contributed by atoms with E-state index in [4.69, 9.17) is 27.8 Å². The molecule has 0 saturated carbocycles. The molecule has 1 rings (SSSR count). The van der Waals surface area contributed by atoms with Crippen LogP contribution in [0.4, 0.5) is 0 Å². The number of aliphatic hydroxyl groups is 1. The van der Waals surface area contributed by atoms with Crippen LogP contribution in [-0.2, 0) is 0 Å². The van der Waals surface area contributed by atoms with Gasteiger partial charge in [0.15, 0.2) is 0 Å². The fourth-order valence-electron chi connectivity index (χ4n) is 1.08. The zero-order chi connectivity index (χ0) is 11.3. The fraction of sp³-hybridized carbons (Fsp3) is 0.364. The predicted molar refractivity (Wildman–Crippen MR) is 64.1 cm³/mol. The van der Waals surface area contributed by atoms with Crippen molar-refractivity contribution in [2.24, 2.45) is 11.7 Å². The van der Waals surface area contributed by atoms with Crippen molar-refractivity contribution in [1.82, 2.24) is 0 Å². The van der Waals surface area contributed by atoms with E-state index >= 15 is 0 Å². The van der Waals surface area contributed by atoms with Gasteiger partial charge >= 0.3 is 0 Å². The molecule has 0 aliphatic heterocycles. The van der Waals surface area contributed by atoms with Gasteiger partial charge < -0.3 is 15.6 Å². The summed E-state index contributed by atoms with van der Waals surface area (Å²) in [6.07, 6.45) is 0. The van der Waals surface area contributed by atoms with E-state index in [1.165, 1.54) is 0 Å². The summed E-state index contributed by atoms with van der Waals surface area (Å²) >= 11 is 4.91. The van der Waals surface area contributed by atoms with Gasteiger partial charge in [0, 0.05) is 12.5 Å². The first kappa shape index (κ1) is 11.9. The van der Waals surface area contributed by atoms with Crippen LogP contribution in [0.15, 0.2) is 24.3 Å². The topological polar surface area (TPSA) is 55.5 Å². The van der Waals surface area contributed by atoms with Crippen molar-refractivity contribution in [3.8, 4) is 5.75 Å². The van der Waals surface area contributed by atoms with Crippen molar-refractivity contribution in [3.63, 3.8) is 0 Å². The number of nitrogens with two attached hydrogens (primary N) is 1. The molecule has 1 aromatic carbocycles. The van der Waals surface area contributed by atoms with E-state index in [9.17, 15) is 0 Å². The van der Waals surface area contributed by atoms with Gasteiger partial charge in [-0.25, -0.2) is 0 Å². The smallest absolute Gasteiger partial charge is 0.129 e. The third kappa shape index (κ3) is 3.49. The quantitative estimate of drug-likeness (QED) is 0.742. The molecule has 4 heteroatoms. The molecule has 3 N–H and O–H groups in total. The number of hydrogen-bond donors (Lipinski definition) is 2. The van der Waals surface area contributed by atoms with Gasteiger partial charge in [-0.2, -0.15) is 0 Å². The Balaban J connectivity index is 2.72. The van der Waals surface area contributed by atoms with Crippen molar-refractivity contribution in [2.75, 3.05) is 13.2 Å². The minimum Gasteiger partial charge on any atom is -0.492 e. The molecular formula is C11H15NO2S. The van der Waals surface area contributed by atoms with E-state index in [0.29, 0.717) is 17.3 Å². The first-order valence-corrected chi connectivity index (χ1v) is 5.18. The van der Waals surface area contributed by atoms with Crippen molar-refractivity contribution in [3.05, 3.63) is 29.8 Å². The number of hydrogen-bond acceptors (Lipinski definition) is 3. The number of benzene rings is 1. The van der Waals surface area contributed by atoms with E-state index in [2.05, 4.69) is 0 Å². The minimum absolute atomic E-state index is 0.101. The van der Waals surface area contributed by atoms with Crippen LogP contribution in [0, 0.1) is 5.92 Å². The molecule has 15 heavy (non-hydrogen) atoms. The van der Waals surface area contributed by atoms with Crippen molar-refractivity contribution in [2.45, 2.75) is 6.92 Å². The number of ether oxygens (including phenoxy) is 1. The Kier molecular flexibility index (Phi) is 4.52. The summed E-state index contributed by atoms with van der Waals surface area (Å²) in [6.45, 7) is 2.47. The molecule has 0 spiro atoms. The Morgan fingerprint density at radius 2 is 2.20 bits per heavy atom. The second-order valence-corrected chi connectivity index (χ2v) is 3.90. The van der Waals surface area contributed by atoms with E-state index < -0.39 is 0 Å². The molecule has 0 fully saturated rings. The van der Waals surface area contributed by atoms with Gasteiger partial charge in [-0.15, -0.1) is 0 Å².